The van der Waals surface area contributed by atoms with E-state index < -0.39 is 4.92 Å². The smallest absolute Gasteiger partial charge is 0.275 e. The highest BCUT2D eigenvalue weighted by Gasteiger charge is 2.09. The van der Waals surface area contributed by atoms with E-state index in [4.69, 9.17) is 4.74 Å². The van der Waals surface area contributed by atoms with Gasteiger partial charge in [-0.1, -0.05) is 13.8 Å². The number of ether oxygens (including phenoxy) is 1. The van der Waals surface area contributed by atoms with Gasteiger partial charge in [0.2, 0.25) is 0 Å². The van der Waals surface area contributed by atoms with Crippen molar-refractivity contribution < 1.29 is 9.66 Å². The Morgan fingerprint density at radius 1 is 1.33 bits per heavy atom. The molecule has 0 atom stereocenters. The van der Waals surface area contributed by atoms with Gasteiger partial charge in [0.15, 0.2) is 0 Å². The van der Waals surface area contributed by atoms with Gasteiger partial charge in [0, 0.05) is 37.0 Å². The summed E-state index contributed by atoms with van der Waals surface area (Å²) in [6.07, 6.45) is 0. The van der Waals surface area contributed by atoms with Crippen molar-refractivity contribution in [3.8, 4) is 5.75 Å². The van der Waals surface area contributed by atoms with Crippen LogP contribution in [0.25, 0.3) is 0 Å². The minimum absolute atomic E-state index is 0.0219. The Balaban J connectivity index is 2.64. The molecule has 1 rings (SSSR count). The minimum Gasteiger partial charge on any atom is -0.496 e. The lowest BCUT2D eigenvalue weighted by Gasteiger charge is -2.10. The normalized spacial score (nSPS) is 10.4. The summed E-state index contributed by atoms with van der Waals surface area (Å²) >= 11 is 0. The van der Waals surface area contributed by atoms with Crippen molar-refractivity contribution in [1.82, 2.24) is 5.32 Å². The molecule has 0 aliphatic heterocycles. The molecule has 100 valence electrons. The molecular weight excluding hydrogens is 234 g/mol. The Kier molecular flexibility index (Phi) is 5.38. The van der Waals surface area contributed by atoms with Crippen LogP contribution in [0.2, 0.25) is 0 Å². The summed E-state index contributed by atoms with van der Waals surface area (Å²) in [5.74, 6) is 0.475. The zero-order valence-corrected chi connectivity index (χ0v) is 10.9. The topological polar surface area (TPSA) is 76.4 Å². The summed E-state index contributed by atoms with van der Waals surface area (Å²) in [5.41, 5.74) is 0.709. The first-order chi connectivity index (χ1) is 8.52. The molecule has 6 nitrogen and oxygen atoms in total. The van der Waals surface area contributed by atoms with E-state index in [1.54, 1.807) is 6.07 Å². The fourth-order valence-corrected chi connectivity index (χ4v) is 1.48. The molecule has 0 aromatic heterocycles. The number of rotatable bonds is 7. The van der Waals surface area contributed by atoms with Crippen molar-refractivity contribution >= 4 is 11.4 Å². The maximum Gasteiger partial charge on any atom is 0.275 e. The number of methoxy groups -OCH3 is 1. The molecule has 18 heavy (non-hydrogen) atoms. The highest BCUT2D eigenvalue weighted by Crippen LogP contribution is 2.25. The second-order valence-corrected chi connectivity index (χ2v) is 4.21. The van der Waals surface area contributed by atoms with Crippen LogP contribution < -0.4 is 15.4 Å². The highest BCUT2D eigenvalue weighted by molar-refractivity contribution is 5.56. The third-order valence-electron chi connectivity index (χ3n) is 2.34. The van der Waals surface area contributed by atoms with Crippen LogP contribution in [0.5, 0.6) is 5.75 Å². The Bertz CT molecular complexity index is 408. The molecule has 6 heteroatoms. The number of nitrogens with one attached hydrogen (secondary N) is 2. The van der Waals surface area contributed by atoms with Crippen molar-refractivity contribution in [2.24, 2.45) is 0 Å². The first kappa shape index (κ1) is 14.2. The average molecular weight is 253 g/mol. The number of nitro groups is 1. The van der Waals surface area contributed by atoms with Gasteiger partial charge < -0.3 is 15.4 Å². The van der Waals surface area contributed by atoms with Crippen LogP contribution in [0.3, 0.4) is 0 Å². The monoisotopic (exact) mass is 253 g/mol. The Morgan fingerprint density at radius 3 is 2.61 bits per heavy atom. The maximum atomic E-state index is 10.8. The molecule has 0 aliphatic carbocycles. The van der Waals surface area contributed by atoms with Crippen LogP contribution >= 0.6 is 0 Å². The number of nitro benzene ring substituents is 1. The largest absolute Gasteiger partial charge is 0.496 e. The van der Waals surface area contributed by atoms with Crippen molar-refractivity contribution in [3.63, 3.8) is 0 Å². The first-order valence-corrected chi connectivity index (χ1v) is 5.83. The molecule has 0 unspecified atom stereocenters. The lowest BCUT2D eigenvalue weighted by Crippen LogP contribution is -2.28. The quantitative estimate of drug-likeness (QED) is 0.441. The molecule has 1 aromatic rings. The summed E-state index contributed by atoms with van der Waals surface area (Å²) in [6, 6.07) is 5.06. The van der Waals surface area contributed by atoms with E-state index in [2.05, 4.69) is 24.5 Å². The maximum absolute atomic E-state index is 10.8. The van der Waals surface area contributed by atoms with E-state index in [0.29, 0.717) is 24.0 Å². The summed E-state index contributed by atoms with van der Waals surface area (Å²) in [7, 11) is 1.49. The van der Waals surface area contributed by atoms with E-state index >= 15 is 0 Å². The fraction of sp³-hybridized carbons (Fsp3) is 0.500. The second-order valence-electron chi connectivity index (χ2n) is 4.21. The van der Waals surface area contributed by atoms with Crippen LogP contribution in [0.15, 0.2) is 18.2 Å². The summed E-state index contributed by atoms with van der Waals surface area (Å²) in [6.45, 7) is 5.62. The first-order valence-electron chi connectivity index (χ1n) is 5.83. The Morgan fingerprint density at radius 2 is 2.06 bits per heavy atom. The molecule has 0 aliphatic rings. The third-order valence-corrected chi connectivity index (χ3v) is 2.34. The second kappa shape index (κ2) is 6.80. The van der Waals surface area contributed by atoms with Gasteiger partial charge in [-0.2, -0.15) is 0 Å². The van der Waals surface area contributed by atoms with Crippen LogP contribution in [0.4, 0.5) is 11.4 Å². The van der Waals surface area contributed by atoms with Gasteiger partial charge in [-0.3, -0.25) is 10.1 Å². The predicted molar refractivity (Wildman–Crippen MR) is 71.3 cm³/mol. The van der Waals surface area contributed by atoms with E-state index in [1.165, 1.54) is 19.2 Å². The van der Waals surface area contributed by atoms with Gasteiger partial charge in [-0.15, -0.1) is 0 Å². The van der Waals surface area contributed by atoms with Gasteiger partial charge in [0.05, 0.1) is 18.1 Å². The lowest BCUT2D eigenvalue weighted by molar-refractivity contribution is -0.384. The van der Waals surface area contributed by atoms with Gasteiger partial charge in [0.1, 0.15) is 5.75 Å². The minimum atomic E-state index is -0.430. The molecular formula is C12H19N3O3. The molecule has 2 N–H and O–H groups in total. The number of hydrogen-bond acceptors (Lipinski definition) is 5. The van der Waals surface area contributed by atoms with E-state index in [0.717, 1.165) is 6.54 Å². The van der Waals surface area contributed by atoms with Crippen LogP contribution in [0, 0.1) is 10.1 Å². The Hall–Kier alpha value is -1.82. The molecule has 0 saturated heterocycles. The molecule has 0 radical (unpaired) electrons. The molecule has 0 heterocycles. The van der Waals surface area contributed by atoms with E-state index in [9.17, 15) is 10.1 Å². The standard InChI is InChI=1S/C12H19N3O3/c1-9(2)13-4-5-14-10-6-11(15(16)17)8-12(7-10)18-3/h6-9,13-14H,4-5H2,1-3H3. The molecule has 0 amide bonds. The summed E-state index contributed by atoms with van der Waals surface area (Å²) in [5, 5.41) is 17.1. The molecule has 0 bridgehead atoms. The Labute approximate surface area is 106 Å². The molecule has 1 aromatic carbocycles. The predicted octanol–water partition coefficient (Wildman–Crippen LogP) is 2.01. The fourth-order valence-electron chi connectivity index (χ4n) is 1.48. The van der Waals surface area contributed by atoms with Crippen LogP contribution in [-0.2, 0) is 0 Å². The van der Waals surface area contributed by atoms with Gasteiger partial charge in [-0.25, -0.2) is 0 Å². The van der Waals surface area contributed by atoms with Crippen molar-refractivity contribution in [2.45, 2.75) is 19.9 Å². The van der Waals surface area contributed by atoms with E-state index in [-0.39, 0.29) is 5.69 Å². The zero-order chi connectivity index (χ0) is 13.5. The van der Waals surface area contributed by atoms with E-state index in [1.807, 2.05) is 0 Å². The average Bonchev–Trinajstić information content (AvgIpc) is 2.34. The number of non-ortho nitro benzene ring substituents is 1. The highest BCUT2D eigenvalue weighted by atomic mass is 16.6. The summed E-state index contributed by atoms with van der Waals surface area (Å²) < 4.78 is 5.03. The SMILES string of the molecule is COc1cc(NCCNC(C)C)cc([N+](=O)[O-])c1. The van der Waals surface area contributed by atoms with Crippen LogP contribution in [-0.4, -0.2) is 31.2 Å². The number of benzene rings is 1. The van der Waals surface area contributed by atoms with Gasteiger partial charge in [0.25, 0.3) is 5.69 Å². The third kappa shape index (κ3) is 4.58. The zero-order valence-electron chi connectivity index (χ0n) is 10.9. The number of anilines is 1. The molecule has 0 spiro atoms. The van der Waals surface area contributed by atoms with Gasteiger partial charge in [-0.05, 0) is 0 Å². The summed E-state index contributed by atoms with van der Waals surface area (Å²) in [4.78, 5) is 10.3. The van der Waals surface area contributed by atoms with Gasteiger partial charge >= 0.3 is 0 Å². The van der Waals surface area contributed by atoms with Crippen LogP contribution in [0.1, 0.15) is 13.8 Å². The number of hydrogen-bond donors (Lipinski definition) is 2. The van der Waals surface area contributed by atoms with Crippen molar-refractivity contribution in [2.75, 3.05) is 25.5 Å². The van der Waals surface area contributed by atoms with Crippen molar-refractivity contribution in [1.29, 1.82) is 0 Å². The van der Waals surface area contributed by atoms with Crippen molar-refractivity contribution in [3.05, 3.63) is 28.3 Å². The number of nitrogens with zero attached hydrogens (tertiary/aromatic N) is 1. The molecule has 0 fully saturated rings. The lowest BCUT2D eigenvalue weighted by atomic mass is 10.2. The molecule has 0 saturated carbocycles.